The van der Waals surface area contributed by atoms with Crippen LogP contribution in [0.2, 0.25) is 10.0 Å². The molecule has 0 bridgehead atoms. The number of hydrogen-bond acceptors (Lipinski definition) is 3. The third-order valence-electron chi connectivity index (χ3n) is 2.42. The van der Waals surface area contributed by atoms with E-state index in [1.165, 1.54) is 0 Å². The summed E-state index contributed by atoms with van der Waals surface area (Å²) in [6.45, 7) is 1.81. The van der Waals surface area contributed by atoms with E-state index in [1.807, 2.05) is 6.92 Å². The van der Waals surface area contributed by atoms with Crippen LogP contribution in [-0.2, 0) is 0 Å². The van der Waals surface area contributed by atoms with Gasteiger partial charge in [0.2, 0.25) is 5.88 Å². The number of hydrogen-bond donors (Lipinski definition) is 0. The Bertz CT molecular complexity index is 683. The van der Waals surface area contributed by atoms with Gasteiger partial charge in [0.25, 0.3) is 0 Å². The zero-order valence-corrected chi connectivity index (χ0v) is 12.8. The van der Waals surface area contributed by atoms with Crippen LogP contribution in [0, 0.1) is 18.3 Å². The first-order valence-corrected chi connectivity index (χ1v) is 6.76. The number of rotatable bonds is 2. The van der Waals surface area contributed by atoms with Crippen molar-refractivity contribution in [3.05, 3.63) is 50.0 Å². The molecule has 2 aromatic rings. The lowest BCUT2D eigenvalue weighted by molar-refractivity contribution is 0.461. The van der Waals surface area contributed by atoms with Crippen molar-refractivity contribution in [1.29, 1.82) is 5.26 Å². The molecule has 6 heteroatoms. The second kappa shape index (κ2) is 5.79. The molecule has 3 nitrogen and oxygen atoms in total. The van der Waals surface area contributed by atoms with Gasteiger partial charge in [-0.1, -0.05) is 23.2 Å². The van der Waals surface area contributed by atoms with Gasteiger partial charge in [-0.3, -0.25) is 0 Å². The molecule has 0 N–H and O–H groups in total. The minimum atomic E-state index is 0.211. The van der Waals surface area contributed by atoms with Gasteiger partial charge in [0.1, 0.15) is 17.4 Å². The van der Waals surface area contributed by atoms with E-state index in [9.17, 15) is 0 Å². The quantitative estimate of drug-likeness (QED) is 0.700. The van der Waals surface area contributed by atoms with Gasteiger partial charge in [0.15, 0.2) is 0 Å². The van der Waals surface area contributed by atoms with E-state index < -0.39 is 0 Å². The minimum absolute atomic E-state index is 0.211. The van der Waals surface area contributed by atoms with Crippen LogP contribution in [0.25, 0.3) is 0 Å². The molecule has 0 saturated heterocycles. The van der Waals surface area contributed by atoms with Gasteiger partial charge < -0.3 is 4.74 Å². The van der Waals surface area contributed by atoms with Crippen LogP contribution < -0.4 is 4.74 Å². The SMILES string of the molecule is Cc1ccnc(Oc2cc(Cl)c(Br)cc2Cl)c1C#N. The van der Waals surface area contributed by atoms with Crippen LogP contribution in [0.1, 0.15) is 11.1 Å². The third kappa shape index (κ3) is 3.01. The number of benzene rings is 1. The minimum Gasteiger partial charge on any atom is -0.436 e. The van der Waals surface area contributed by atoms with Crippen LogP contribution in [0.5, 0.6) is 11.6 Å². The Morgan fingerprint density at radius 2 is 2.05 bits per heavy atom. The molecule has 0 aliphatic heterocycles. The zero-order chi connectivity index (χ0) is 14.0. The third-order valence-corrected chi connectivity index (χ3v) is 3.91. The summed E-state index contributed by atoms with van der Waals surface area (Å²) < 4.78 is 6.25. The van der Waals surface area contributed by atoms with Crippen LogP contribution >= 0.6 is 39.1 Å². The lowest BCUT2D eigenvalue weighted by Gasteiger charge is -2.10. The first-order chi connectivity index (χ1) is 9.02. The Hall–Kier alpha value is -1.28. The van der Waals surface area contributed by atoms with E-state index in [4.69, 9.17) is 33.2 Å². The molecule has 0 amide bonds. The molecule has 0 aliphatic rings. The van der Waals surface area contributed by atoms with Crippen molar-refractivity contribution < 1.29 is 4.74 Å². The number of ether oxygens (including phenoxy) is 1. The number of nitrogens with zero attached hydrogens (tertiary/aromatic N) is 2. The van der Waals surface area contributed by atoms with Gasteiger partial charge in [-0.2, -0.15) is 5.26 Å². The van der Waals surface area contributed by atoms with E-state index in [0.717, 1.165) is 5.56 Å². The second-order valence-electron chi connectivity index (χ2n) is 3.72. The molecule has 0 fully saturated rings. The van der Waals surface area contributed by atoms with E-state index in [1.54, 1.807) is 24.4 Å². The normalized spacial score (nSPS) is 10.1. The van der Waals surface area contributed by atoms with Crippen molar-refractivity contribution in [2.24, 2.45) is 0 Å². The van der Waals surface area contributed by atoms with Gasteiger partial charge in [-0.15, -0.1) is 0 Å². The number of halogens is 3. The van der Waals surface area contributed by atoms with Gasteiger partial charge >= 0.3 is 0 Å². The van der Waals surface area contributed by atoms with Crippen molar-refractivity contribution in [2.45, 2.75) is 6.92 Å². The molecule has 0 radical (unpaired) electrons. The second-order valence-corrected chi connectivity index (χ2v) is 5.39. The first-order valence-electron chi connectivity index (χ1n) is 5.21. The molecular formula is C13H7BrCl2N2O. The molecule has 0 unspecified atom stereocenters. The smallest absolute Gasteiger partial charge is 0.237 e. The van der Waals surface area contributed by atoms with Gasteiger partial charge in [-0.25, -0.2) is 4.98 Å². The van der Waals surface area contributed by atoms with E-state index in [-0.39, 0.29) is 5.88 Å². The van der Waals surface area contributed by atoms with Crippen molar-refractivity contribution in [3.8, 4) is 17.7 Å². The van der Waals surface area contributed by atoms with Crippen molar-refractivity contribution in [1.82, 2.24) is 4.98 Å². The first kappa shape index (κ1) is 14.1. The topological polar surface area (TPSA) is 45.9 Å². The molecule has 0 aliphatic carbocycles. The molecule has 0 atom stereocenters. The van der Waals surface area contributed by atoms with Crippen LogP contribution in [0.4, 0.5) is 0 Å². The lowest BCUT2D eigenvalue weighted by Crippen LogP contribution is -1.94. The average Bonchev–Trinajstić information content (AvgIpc) is 2.36. The zero-order valence-electron chi connectivity index (χ0n) is 9.75. The molecule has 2 rings (SSSR count). The monoisotopic (exact) mass is 356 g/mol. The highest BCUT2D eigenvalue weighted by molar-refractivity contribution is 9.10. The molecule has 96 valence electrons. The van der Waals surface area contributed by atoms with Crippen LogP contribution in [0.15, 0.2) is 28.9 Å². The van der Waals surface area contributed by atoms with Crippen molar-refractivity contribution >= 4 is 39.1 Å². The van der Waals surface area contributed by atoms with Crippen LogP contribution in [0.3, 0.4) is 0 Å². The lowest BCUT2D eigenvalue weighted by atomic mass is 10.2. The summed E-state index contributed by atoms with van der Waals surface area (Å²) in [5.41, 5.74) is 1.16. The van der Waals surface area contributed by atoms with Crippen molar-refractivity contribution in [3.63, 3.8) is 0 Å². The average molecular weight is 358 g/mol. The number of pyridine rings is 1. The highest BCUT2D eigenvalue weighted by atomic mass is 79.9. The molecular weight excluding hydrogens is 351 g/mol. The maximum atomic E-state index is 9.11. The summed E-state index contributed by atoms with van der Waals surface area (Å²) in [6.07, 6.45) is 1.57. The van der Waals surface area contributed by atoms with Gasteiger partial charge in [0.05, 0.1) is 10.0 Å². The maximum absolute atomic E-state index is 9.11. The molecule has 1 aromatic heterocycles. The molecule has 19 heavy (non-hydrogen) atoms. The fraction of sp³-hybridized carbons (Fsp3) is 0.0769. The van der Waals surface area contributed by atoms with E-state index in [2.05, 4.69) is 27.0 Å². The molecule has 1 aromatic carbocycles. The Kier molecular flexibility index (Phi) is 4.31. The predicted molar refractivity (Wildman–Crippen MR) is 77.9 cm³/mol. The summed E-state index contributed by atoms with van der Waals surface area (Å²) in [4.78, 5) is 4.04. The summed E-state index contributed by atoms with van der Waals surface area (Å²) in [6, 6.07) is 6.99. The molecule has 0 saturated carbocycles. The Labute approximate surface area is 128 Å². The summed E-state index contributed by atoms with van der Waals surface area (Å²) in [5, 5.41) is 9.95. The largest absolute Gasteiger partial charge is 0.436 e. The summed E-state index contributed by atoms with van der Waals surface area (Å²) in [7, 11) is 0. The standard InChI is InChI=1S/C13H7BrCl2N2O/c1-7-2-3-18-13(8(7)6-17)19-12-5-10(15)9(14)4-11(12)16/h2-5H,1H3. The predicted octanol–water partition coefficient (Wildman–Crippen LogP) is 5.12. The van der Waals surface area contributed by atoms with E-state index in [0.29, 0.717) is 25.8 Å². The number of aryl methyl sites for hydroxylation is 1. The molecule has 0 spiro atoms. The molecule has 1 heterocycles. The highest BCUT2D eigenvalue weighted by Gasteiger charge is 2.13. The summed E-state index contributed by atoms with van der Waals surface area (Å²) in [5.74, 6) is 0.562. The fourth-order valence-electron chi connectivity index (χ4n) is 1.43. The van der Waals surface area contributed by atoms with E-state index >= 15 is 0 Å². The highest BCUT2D eigenvalue weighted by Crippen LogP contribution is 2.36. The van der Waals surface area contributed by atoms with Crippen molar-refractivity contribution in [2.75, 3.05) is 0 Å². The summed E-state index contributed by atoms with van der Waals surface area (Å²) >= 11 is 15.3. The number of nitriles is 1. The number of aromatic nitrogens is 1. The Balaban J connectivity index is 2.45. The maximum Gasteiger partial charge on any atom is 0.237 e. The van der Waals surface area contributed by atoms with Gasteiger partial charge in [-0.05, 0) is 40.5 Å². The Morgan fingerprint density at radius 1 is 1.32 bits per heavy atom. The fourth-order valence-corrected chi connectivity index (χ4v) is 2.26. The Morgan fingerprint density at radius 3 is 2.74 bits per heavy atom. The van der Waals surface area contributed by atoms with Crippen LogP contribution in [-0.4, -0.2) is 4.98 Å². The van der Waals surface area contributed by atoms with Gasteiger partial charge in [0, 0.05) is 16.7 Å².